The van der Waals surface area contributed by atoms with Crippen molar-refractivity contribution in [2.45, 2.75) is 122 Å². The number of unbranched alkanes of at least 4 members (excludes halogenated alkanes) is 1. The van der Waals surface area contributed by atoms with Gasteiger partial charge in [0.15, 0.2) is 11.6 Å². The van der Waals surface area contributed by atoms with Gasteiger partial charge in [0, 0.05) is 11.8 Å². The molecule has 5 heteroatoms. The van der Waals surface area contributed by atoms with Crippen LogP contribution in [0.3, 0.4) is 0 Å². The zero-order chi connectivity index (χ0) is 25.7. The average molecular weight is 509 g/mol. The van der Waals surface area contributed by atoms with Gasteiger partial charge in [0.2, 0.25) is 0 Å². The van der Waals surface area contributed by atoms with Crippen molar-refractivity contribution in [3.8, 4) is 0 Å². The third-order valence-corrected chi connectivity index (χ3v) is 9.37. The maximum atomic E-state index is 15.1. The molecule has 1 aromatic carbocycles. The minimum absolute atomic E-state index is 0.0210. The van der Waals surface area contributed by atoms with Gasteiger partial charge in [-0.25, -0.2) is 17.6 Å². The number of halogens is 4. The van der Waals surface area contributed by atoms with E-state index >= 15 is 8.78 Å². The molecular formula is C31H44F4O. The number of hydrogen-bond donors (Lipinski definition) is 0. The molecule has 2 unspecified atom stereocenters. The highest BCUT2D eigenvalue weighted by atomic mass is 19.2. The molecule has 0 spiro atoms. The average Bonchev–Trinajstić information content (AvgIpc) is 2.91. The van der Waals surface area contributed by atoms with E-state index < -0.39 is 29.2 Å². The van der Waals surface area contributed by atoms with Crippen LogP contribution in [-0.4, -0.2) is 12.7 Å². The lowest BCUT2D eigenvalue weighted by atomic mass is 9.76. The normalized spacial score (nSPS) is 31.6. The SMILES string of the molecule is CCCCC1CCC(COC2CCC(c3ccc(C4CCC(CC)CC4)c(F)c3F)CC2)C(F)=C1F. The Morgan fingerprint density at radius 1 is 0.694 bits per heavy atom. The van der Waals surface area contributed by atoms with Crippen LogP contribution in [0.25, 0.3) is 0 Å². The molecule has 0 aromatic heterocycles. The van der Waals surface area contributed by atoms with Gasteiger partial charge in [-0.2, -0.15) is 0 Å². The molecule has 2 saturated carbocycles. The molecule has 3 aliphatic rings. The molecule has 0 radical (unpaired) electrons. The molecule has 36 heavy (non-hydrogen) atoms. The molecule has 0 N–H and O–H groups in total. The highest BCUT2D eigenvalue weighted by Gasteiger charge is 2.33. The molecular weight excluding hydrogens is 464 g/mol. The Balaban J connectivity index is 1.28. The summed E-state index contributed by atoms with van der Waals surface area (Å²) in [5, 5.41) is 0. The van der Waals surface area contributed by atoms with Gasteiger partial charge in [-0.05, 0) is 99.5 Å². The maximum absolute atomic E-state index is 15.1. The van der Waals surface area contributed by atoms with Crippen molar-refractivity contribution in [1.82, 2.24) is 0 Å². The van der Waals surface area contributed by atoms with Gasteiger partial charge >= 0.3 is 0 Å². The molecule has 1 nitrogen and oxygen atoms in total. The fraction of sp³-hybridized carbons (Fsp3) is 0.742. The predicted molar refractivity (Wildman–Crippen MR) is 137 cm³/mol. The van der Waals surface area contributed by atoms with Gasteiger partial charge in [0.25, 0.3) is 0 Å². The van der Waals surface area contributed by atoms with Crippen molar-refractivity contribution in [2.24, 2.45) is 17.8 Å². The van der Waals surface area contributed by atoms with E-state index in [4.69, 9.17) is 4.74 Å². The first-order valence-corrected chi connectivity index (χ1v) is 14.6. The number of rotatable bonds is 9. The second kappa shape index (κ2) is 12.9. The summed E-state index contributed by atoms with van der Waals surface area (Å²) in [7, 11) is 0. The number of allylic oxidation sites excluding steroid dienone is 1. The fourth-order valence-electron chi connectivity index (χ4n) is 6.81. The lowest BCUT2D eigenvalue weighted by Gasteiger charge is -2.32. The predicted octanol–water partition coefficient (Wildman–Crippen LogP) is 10.1. The molecule has 1 aromatic rings. The Bertz CT molecular complexity index is 881. The van der Waals surface area contributed by atoms with Crippen LogP contribution >= 0.6 is 0 Å². The van der Waals surface area contributed by atoms with E-state index in [-0.39, 0.29) is 30.5 Å². The maximum Gasteiger partial charge on any atom is 0.162 e. The van der Waals surface area contributed by atoms with Gasteiger partial charge < -0.3 is 4.74 Å². The van der Waals surface area contributed by atoms with Crippen LogP contribution in [0.2, 0.25) is 0 Å². The lowest BCUT2D eigenvalue weighted by molar-refractivity contribution is 0.00188. The molecule has 0 bridgehead atoms. The first-order valence-electron chi connectivity index (χ1n) is 14.6. The van der Waals surface area contributed by atoms with Crippen LogP contribution in [0, 0.1) is 29.4 Å². The van der Waals surface area contributed by atoms with Crippen LogP contribution in [0.5, 0.6) is 0 Å². The fourth-order valence-corrected chi connectivity index (χ4v) is 6.81. The molecule has 0 aliphatic heterocycles. The summed E-state index contributed by atoms with van der Waals surface area (Å²) in [5.41, 5.74) is 1.04. The van der Waals surface area contributed by atoms with E-state index in [2.05, 4.69) is 13.8 Å². The molecule has 2 atom stereocenters. The van der Waals surface area contributed by atoms with Gasteiger partial charge in [-0.15, -0.1) is 0 Å². The topological polar surface area (TPSA) is 9.23 Å². The minimum Gasteiger partial charge on any atom is -0.377 e. The third kappa shape index (κ3) is 6.37. The van der Waals surface area contributed by atoms with Crippen molar-refractivity contribution in [3.05, 3.63) is 46.5 Å². The van der Waals surface area contributed by atoms with Crippen molar-refractivity contribution < 1.29 is 22.3 Å². The summed E-state index contributed by atoms with van der Waals surface area (Å²) in [4.78, 5) is 0. The summed E-state index contributed by atoms with van der Waals surface area (Å²) in [6.45, 7) is 4.46. The smallest absolute Gasteiger partial charge is 0.162 e. The Morgan fingerprint density at radius 3 is 1.78 bits per heavy atom. The first kappa shape index (κ1) is 27.7. The van der Waals surface area contributed by atoms with E-state index in [1.165, 1.54) is 0 Å². The first-order chi connectivity index (χ1) is 17.4. The Labute approximate surface area is 215 Å². The molecule has 202 valence electrons. The Hall–Kier alpha value is -1.36. The molecule has 0 saturated heterocycles. The number of benzene rings is 1. The zero-order valence-corrected chi connectivity index (χ0v) is 22.1. The monoisotopic (exact) mass is 508 g/mol. The largest absolute Gasteiger partial charge is 0.377 e. The van der Waals surface area contributed by atoms with Crippen LogP contribution < -0.4 is 0 Å². The van der Waals surface area contributed by atoms with E-state index in [1.54, 1.807) is 0 Å². The van der Waals surface area contributed by atoms with Crippen molar-refractivity contribution in [3.63, 3.8) is 0 Å². The second-order valence-corrected chi connectivity index (χ2v) is 11.6. The van der Waals surface area contributed by atoms with Crippen LogP contribution in [0.1, 0.15) is 127 Å². The zero-order valence-electron chi connectivity index (χ0n) is 22.1. The summed E-state index contributed by atoms with van der Waals surface area (Å²) >= 11 is 0. The number of hydrogen-bond acceptors (Lipinski definition) is 1. The van der Waals surface area contributed by atoms with E-state index in [1.807, 2.05) is 12.1 Å². The van der Waals surface area contributed by atoms with Gasteiger partial charge in [-0.1, -0.05) is 45.2 Å². The van der Waals surface area contributed by atoms with Crippen molar-refractivity contribution in [2.75, 3.05) is 6.61 Å². The minimum atomic E-state index is -0.669. The van der Waals surface area contributed by atoms with Gasteiger partial charge in [-0.3, -0.25) is 0 Å². The summed E-state index contributed by atoms with van der Waals surface area (Å²) < 4.78 is 65.3. The van der Waals surface area contributed by atoms with E-state index in [0.29, 0.717) is 30.4 Å². The Morgan fingerprint density at radius 2 is 1.22 bits per heavy atom. The standard InChI is InChI=1S/C31H44F4O/c1-3-5-6-23-11-12-24(29(33)28(23)32)19-36-25-15-13-22(14-16-25)27-18-17-26(30(34)31(27)35)21-9-7-20(4-2)8-10-21/h17-18,20-25H,3-16,19H2,1-2H3. The molecule has 3 aliphatic carbocycles. The molecule has 0 amide bonds. The van der Waals surface area contributed by atoms with E-state index in [9.17, 15) is 8.78 Å². The third-order valence-electron chi connectivity index (χ3n) is 9.37. The molecule has 4 rings (SSSR count). The highest BCUT2D eigenvalue weighted by molar-refractivity contribution is 5.32. The van der Waals surface area contributed by atoms with Crippen LogP contribution in [-0.2, 0) is 4.74 Å². The highest BCUT2D eigenvalue weighted by Crippen LogP contribution is 2.42. The summed E-state index contributed by atoms with van der Waals surface area (Å²) in [6, 6.07) is 3.64. The quantitative estimate of drug-likeness (QED) is 0.302. The van der Waals surface area contributed by atoms with Crippen LogP contribution in [0.4, 0.5) is 17.6 Å². The lowest BCUT2D eigenvalue weighted by Crippen LogP contribution is -2.26. The van der Waals surface area contributed by atoms with Gasteiger partial charge in [0.1, 0.15) is 11.7 Å². The van der Waals surface area contributed by atoms with Crippen LogP contribution in [0.15, 0.2) is 23.8 Å². The molecule has 2 fully saturated rings. The van der Waals surface area contributed by atoms with E-state index in [0.717, 1.165) is 76.5 Å². The number of ether oxygens (including phenoxy) is 1. The molecule has 0 heterocycles. The van der Waals surface area contributed by atoms with Crippen molar-refractivity contribution in [1.29, 1.82) is 0 Å². The Kier molecular flexibility index (Phi) is 9.94. The van der Waals surface area contributed by atoms with Crippen molar-refractivity contribution >= 4 is 0 Å². The van der Waals surface area contributed by atoms with Gasteiger partial charge in [0.05, 0.1) is 12.7 Å². The second-order valence-electron chi connectivity index (χ2n) is 11.6. The summed E-state index contributed by atoms with van der Waals surface area (Å²) in [6.07, 6.45) is 12.0. The summed E-state index contributed by atoms with van der Waals surface area (Å²) in [5.74, 6) is -2.44.